The Hall–Kier alpha value is -12.6. The third kappa shape index (κ3) is 24.4. The minimum absolute atomic E-state index is 0.203. The Bertz CT molecular complexity index is 5530. The lowest BCUT2D eigenvalue weighted by Gasteiger charge is -2.22. The number of pyridine rings is 2. The van der Waals surface area contributed by atoms with Gasteiger partial charge in [-0.3, -0.25) is 9.97 Å². The predicted octanol–water partition coefficient (Wildman–Crippen LogP) is 31.7. The molecule has 0 saturated carbocycles. The van der Waals surface area contributed by atoms with Crippen molar-refractivity contribution in [3.63, 3.8) is 0 Å². The smallest absolute Gasteiger partial charge is 0.0346 e. The molecule has 2 nitrogen and oxygen atoms in total. The van der Waals surface area contributed by atoms with Crippen LogP contribution in [-0.2, 0) is 5.41 Å². The van der Waals surface area contributed by atoms with Crippen LogP contribution in [0.3, 0.4) is 0 Å². The first-order valence-corrected chi connectivity index (χ1v) is 40.3. The standard InChI is InChI=1S/C20H18.C17H14N2.C17H20.C16H18.C15H16.2C14H14/c1-15-13-19(17-9-5-3-6-10-17)16(2)20(14-15)18-11-7-4-8-12-18;1-13-8-16(14-4-2-6-18-11-14)10-17(9-13)15-5-3-7-19-12-15;1-13-10-11-15(12-16(13)17(2,3)4)14-8-6-5-7-9-14;1-12(2)15-10-7-11-16(13(15)3)14-8-5-4-6-9-14;1-11-9-12(2)15(13(3)10-11)14-7-5-4-6-8-14;1-11-8-9-14(10-12(11)2)13-6-4-3-5-7-13;1-11-8-9-14(12(2)10-11)13-6-4-3-5-7-13/h3-14H,1-2H3;2-12H,1H3;5-12H,1-4H3;4-12H,1-3H3;4-10H,1-3H3;2*3-10H,1-2H3. The summed E-state index contributed by atoms with van der Waals surface area (Å²) in [7, 11) is 0. The fraction of sp³-hybridized carbons (Fsp3) is 0.168. The molecule has 0 N–H and O–H groups in total. The fourth-order valence-electron chi connectivity index (χ4n) is 14.9. The average Bonchev–Trinajstić information content (AvgIpc) is 0.791. The van der Waals surface area contributed by atoms with Gasteiger partial charge in [-0.15, -0.1) is 0 Å². The van der Waals surface area contributed by atoms with Crippen molar-refractivity contribution in [2.24, 2.45) is 0 Å². The van der Waals surface area contributed by atoms with E-state index in [1.165, 1.54) is 167 Å². The molecule has 14 aromatic carbocycles. The Morgan fingerprint density at radius 3 is 1.00 bits per heavy atom. The van der Waals surface area contributed by atoms with E-state index in [0.29, 0.717) is 5.92 Å². The van der Waals surface area contributed by atoms with Crippen LogP contribution in [0.5, 0.6) is 0 Å². The maximum absolute atomic E-state index is 4.18. The number of hydrogen-bond donors (Lipinski definition) is 0. The number of aryl methyl sites for hydroxylation is 10. The first kappa shape index (κ1) is 84.8. The lowest BCUT2D eigenvalue weighted by atomic mass is 9.82. The summed E-state index contributed by atoms with van der Waals surface area (Å²) in [5, 5.41) is 0. The first-order valence-electron chi connectivity index (χ1n) is 40.3. The zero-order valence-corrected chi connectivity index (χ0v) is 70.8. The molecule has 0 aliphatic rings. The van der Waals surface area contributed by atoms with Crippen molar-refractivity contribution in [1.29, 1.82) is 0 Å². The van der Waals surface area contributed by atoms with Gasteiger partial charge >= 0.3 is 0 Å². The highest BCUT2D eigenvalue weighted by atomic mass is 14.6. The molecule has 0 spiro atoms. The van der Waals surface area contributed by atoms with Crippen molar-refractivity contribution in [3.8, 4) is 100 Å². The zero-order valence-electron chi connectivity index (χ0n) is 70.8. The first-order chi connectivity index (χ1) is 55.5. The normalized spacial score (nSPS) is 10.6. The second-order valence-corrected chi connectivity index (χ2v) is 31.5. The molecule has 0 saturated heterocycles. The minimum Gasteiger partial charge on any atom is -0.264 e. The number of benzene rings is 14. The molecule has 0 fully saturated rings. The Kier molecular flexibility index (Phi) is 30.8. The van der Waals surface area contributed by atoms with E-state index in [-0.39, 0.29) is 5.41 Å². The lowest BCUT2D eigenvalue weighted by molar-refractivity contribution is 0.586. The second kappa shape index (κ2) is 41.8. The van der Waals surface area contributed by atoms with Crippen molar-refractivity contribution in [2.75, 3.05) is 0 Å². The number of rotatable bonds is 10. The van der Waals surface area contributed by atoms with E-state index in [1.807, 2.05) is 36.7 Å². The summed E-state index contributed by atoms with van der Waals surface area (Å²) in [4.78, 5) is 8.36. The number of hydrogen-bond acceptors (Lipinski definition) is 2. The molecule has 0 atom stereocenters. The van der Waals surface area contributed by atoms with Crippen LogP contribution >= 0.6 is 0 Å². The summed E-state index contributed by atoms with van der Waals surface area (Å²) in [6.07, 6.45) is 7.37. The summed E-state index contributed by atoms with van der Waals surface area (Å²) in [5.41, 5.74) is 42.2. The summed E-state index contributed by atoms with van der Waals surface area (Å²) in [6, 6.07) is 124. The summed E-state index contributed by atoms with van der Waals surface area (Å²) >= 11 is 0. The Morgan fingerprint density at radius 2 is 0.591 bits per heavy atom. The summed E-state index contributed by atoms with van der Waals surface area (Å²) in [6.45, 7) is 37.3. The molecule has 2 aromatic heterocycles. The van der Waals surface area contributed by atoms with E-state index in [9.17, 15) is 0 Å². The van der Waals surface area contributed by atoms with Crippen LogP contribution in [0.4, 0.5) is 0 Å². The van der Waals surface area contributed by atoms with Crippen molar-refractivity contribution >= 4 is 0 Å². The third-order valence-electron chi connectivity index (χ3n) is 20.8. The second-order valence-electron chi connectivity index (χ2n) is 31.5. The van der Waals surface area contributed by atoms with Gasteiger partial charge in [0.2, 0.25) is 0 Å². The van der Waals surface area contributed by atoms with Gasteiger partial charge in [0.25, 0.3) is 0 Å². The van der Waals surface area contributed by atoms with Gasteiger partial charge < -0.3 is 0 Å². The SMILES string of the molecule is Cc1c(-c2ccccc2)cccc1C(C)C.Cc1cc(-c2ccccc2)c(C)c(-c2ccccc2)c1.Cc1cc(-c2cccnc2)cc(-c2cccnc2)c1.Cc1cc(C)c(-c2ccccc2)c(C)c1.Cc1ccc(-c2ccccc2)c(C)c1.Cc1ccc(-c2ccccc2)cc1C.Cc1ccc(-c2ccccc2)cc1C(C)(C)C. The van der Waals surface area contributed by atoms with E-state index in [1.54, 1.807) is 12.4 Å². The highest BCUT2D eigenvalue weighted by Crippen LogP contribution is 2.36. The number of nitrogens with zero attached hydrogens (tertiary/aromatic N) is 2. The highest BCUT2D eigenvalue weighted by Gasteiger charge is 2.18. The topological polar surface area (TPSA) is 25.8 Å². The molecule has 0 radical (unpaired) electrons. The van der Waals surface area contributed by atoms with Crippen LogP contribution in [0.2, 0.25) is 0 Å². The zero-order chi connectivity index (χ0) is 81.8. The molecule has 0 unspecified atom stereocenters. The summed E-state index contributed by atoms with van der Waals surface area (Å²) < 4.78 is 0. The Morgan fingerprint density at radius 1 is 0.217 bits per heavy atom. The maximum atomic E-state index is 4.18. The van der Waals surface area contributed by atoms with Gasteiger partial charge in [0.1, 0.15) is 0 Å². The Balaban J connectivity index is 0.000000142. The van der Waals surface area contributed by atoms with Gasteiger partial charge in [0.05, 0.1) is 0 Å². The van der Waals surface area contributed by atoms with Crippen LogP contribution in [-0.4, -0.2) is 9.97 Å². The van der Waals surface area contributed by atoms with Gasteiger partial charge in [0.15, 0.2) is 0 Å². The fourth-order valence-corrected chi connectivity index (χ4v) is 14.9. The van der Waals surface area contributed by atoms with Crippen molar-refractivity contribution < 1.29 is 0 Å². The molecular formula is C113H114N2. The van der Waals surface area contributed by atoms with E-state index in [0.717, 1.165) is 11.1 Å². The van der Waals surface area contributed by atoms with E-state index >= 15 is 0 Å². The van der Waals surface area contributed by atoms with Crippen molar-refractivity contribution in [1.82, 2.24) is 9.97 Å². The molecule has 0 bridgehead atoms. The molecule has 16 aromatic rings. The molecular weight excluding hydrogens is 1390 g/mol. The number of aromatic nitrogens is 2. The average molecular weight is 1500 g/mol. The monoisotopic (exact) mass is 1500 g/mol. The van der Waals surface area contributed by atoms with Gasteiger partial charge in [-0.1, -0.05) is 379 Å². The molecule has 16 rings (SSSR count). The third-order valence-corrected chi connectivity index (χ3v) is 20.8. The van der Waals surface area contributed by atoms with Crippen LogP contribution in [0, 0.1) is 83.1 Å². The van der Waals surface area contributed by atoms with Gasteiger partial charge in [-0.05, 0) is 268 Å². The molecule has 0 aliphatic carbocycles. The Labute approximate surface area is 689 Å². The summed E-state index contributed by atoms with van der Waals surface area (Å²) in [5.74, 6) is 0.587. The molecule has 2 heterocycles. The minimum atomic E-state index is 0.203. The molecule has 0 amide bonds. The predicted molar refractivity (Wildman–Crippen MR) is 499 cm³/mol. The van der Waals surface area contributed by atoms with Crippen LogP contribution in [0.15, 0.2) is 377 Å². The van der Waals surface area contributed by atoms with Crippen LogP contribution < -0.4 is 0 Å². The van der Waals surface area contributed by atoms with Crippen molar-refractivity contribution in [3.05, 3.63) is 455 Å². The largest absolute Gasteiger partial charge is 0.264 e. The quantitative estimate of drug-likeness (QED) is 0.136. The van der Waals surface area contributed by atoms with E-state index in [2.05, 4.69) is 455 Å². The maximum Gasteiger partial charge on any atom is 0.0346 e. The molecule has 2 heteroatoms. The van der Waals surface area contributed by atoms with Gasteiger partial charge in [0, 0.05) is 35.9 Å². The van der Waals surface area contributed by atoms with Crippen LogP contribution in [0.25, 0.3) is 100 Å². The van der Waals surface area contributed by atoms with Gasteiger partial charge in [-0.2, -0.15) is 0 Å². The van der Waals surface area contributed by atoms with E-state index in [4.69, 9.17) is 0 Å². The molecule has 115 heavy (non-hydrogen) atoms. The van der Waals surface area contributed by atoms with Gasteiger partial charge in [-0.25, -0.2) is 0 Å². The van der Waals surface area contributed by atoms with E-state index < -0.39 is 0 Å². The molecule has 576 valence electrons. The van der Waals surface area contributed by atoms with Crippen molar-refractivity contribution in [2.45, 2.75) is 129 Å². The highest BCUT2D eigenvalue weighted by molar-refractivity contribution is 5.80. The molecule has 0 aliphatic heterocycles. The van der Waals surface area contributed by atoms with Crippen LogP contribution in [0.1, 0.15) is 118 Å². The lowest BCUT2D eigenvalue weighted by Crippen LogP contribution is -2.13.